The lowest BCUT2D eigenvalue weighted by atomic mass is 10.2. The van der Waals surface area contributed by atoms with E-state index in [0.29, 0.717) is 11.3 Å². The first-order chi connectivity index (χ1) is 10.2. The number of nitrogens with zero attached hydrogens (tertiary/aromatic N) is 3. The number of fused-ring (bicyclic) bond motifs is 1. The van der Waals surface area contributed by atoms with Crippen LogP contribution in [0.15, 0.2) is 10.9 Å². The molecular formula is C14H20BrN3O4. The van der Waals surface area contributed by atoms with Gasteiger partial charge in [-0.25, -0.2) is 14.6 Å². The number of hydrogen-bond donors (Lipinski definition) is 0. The number of carbonyl (C=O) groups excluding carboxylic acids is 2. The lowest BCUT2D eigenvalue weighted by molar-refractivity contribution is -0.148. The molecule has 0 aliphatic carbocycles. The molecule has 1 unspecified atom stereocenters. The van der Waals surface area contributed by atoms with Gasteiger partial charge in [0, 0.05) is 0 Å². The van der Waals surface area contributed by atoms with Crippen molar-refractivity contribution in [2.24, 2.45) is 0 Å². The van der Waals surface area contributed by atoms with Crippen molar-refractivity contribution in [3.63, 3.8) is 0 Å². The van der Waals surface area contributed by atoms with Gasteiger partial charge in [0.25, 0.3) is 0 Å². The molecule has 8 heteroatoms. The minimum Gasteiger partial charge on any atom is -0.464 e. The van der Waals surface area contributed by atoms with Crippen LogP contribution < -0.4 is 0 Å². The van der Waals surface area contributed by atoms with Crippen LogP contribution >= 0.6 is 15.9 Å². The number of aromatic nitrogens is 2. The summed E-state index contributed by atoms with van der Waals surface area (Å²) < 4.78 is 12.8. The topological polar surface area (TPSA) is 73.7 Å². The molecule has 0 fully saturated rings. The van der Waals surface area contributed by atoms with Crippen molar-refractivity contribution in [3.8, 4) is 0 Å². The SMILES string of the molecule is CCOC(=O)C1CN(C(=O)OC(C)(C)C)Cc2cnc(Br)n21. The Bertz CT molecular complexity index is 579. The van der Waals surface area contributed by atoms with Gasteiger partial charge >= 0.3 is 12.1 Å². The predicted octanol–water partition coefficient (Wildman–Crippen LogP) is 2.50. The standard InChI is InChI=1S/C14H20BrN3O4/c1-5-21-11(19)10-8-17(13(20)22-14(2,3)4)7-9-6-16-12(15)18(9)10/h6,10H,5,7-8H2,1-4H3. The second kappa shape index (κ2) is 6.28. The first-order valence-electron chi connectivity index (χ1n) is 7.09. The molecule has 2 heterocycles. The lowest BCUT2D eigenvalue weighted by Gasteiger charge is -2.34. The molecule has 7 nitrogen and oxygen atoms in total. The van der Waals surface area contributed by atoms with Crippen molar-refractivity contribution in [1.82, 2.24) is 14.5 Å². The summed E-state index contributed by atoms with van der Waals surface area (Å²) in [6.07, 6.45) is 1.18. The fourth-order valence-electron chi connectivity index (χ4n) is 2.25. The number of halogens is 1. The third-order valence-electron chi connectivity index (χ3n) is 3.10. The summed E-state index contributed by atoms with van der Waals surface area (Å²) in [6, 6.07) is -0.631. The zero-order valence-corrected chi connectivity index (χ0v) is 14.7. The molecule has 122 valence electrons. The van der Waals surface area contributed by atoms with Crippen LogP contribution in [0.1, 0.15) is 39.4 Å². The Labute approximate surface area is 137 Å². The molecule has 22 heavy (non-hydrogen) atoms. The van der Waals surface area contributed by atoms with E-state index in [-0.39, 0.29) is 13.2 Å². The summed E-state index contributed by atoms with van der Waals surface area (Å²) in [4.78, 5) is 30.1. The molecule has 0 aromatic carbocycles. The van der Waals surface area contributed by atoms with Gasteiger partial charge in [0.2, 0.25) is 0 Å². The van der Waals surface area contributed by atoms with Gasteiger partial charge in [-0.15, -0.1) is 0 Å². The molecular weight excluding hydrogens is 354 g/mol. The highest BCUT2D eigenvalue weighted by Gasteiger charge is 2.36. The monoisotopic (exact) mass is 373 g/mol. The van der Waals surface area contributed by atoms with Gasteiger partial charge in [0.15, 0.2) is 10.8 Å². The maximum Gasteiger partial charge on any atom is 0.410 e. The zero-order valence-electron chi connectivity index (χ0n) is 13.1. The maximum absolute atomic E-state index is 12.3. The first-order valence-corrected chi connectivity index (χ1v) is 7.88. The highest BCUT2D eigenvalue weighted by atomic mass is 79.9. The minimum atomic E-state index is -0.631. The number of imidazole rings is 1. The van der Waals surface area contributed by atoms with Gasteiger partial charge < -0.3 is 14.0 Å². The molecule has 1 aromatic rings. The Hall–Kier alpha value is -1.57. The van der Waals surface area contributed by atoms with E-state index >= 15 is 0 Å². The van der Waals surface area contributed by atoms with Crippen molar-refractivity contribution in [2.75, 3.05) is 13.2 Å². The summed E-state index contributed by atoms with van der Waals surface area (Å²) in [6.45, 7) is 7.97. The number of ether oxygens (including phenoxy) is 2. The van der Waals surface area contributed by atoms with Gasteiger partial charge in [-0.05, 0) is 43.6 Å². The van der Waals surface area contributed by atoms with E-state index in [1.165, 1.54) is 4.90 Å². The van der Waals surface area contributed by atoms with Gasteiger partial charge in [-0.2, -0.15) is 0 Å². The number of hydrogen-bond acceptors (Lipinski definition) is 5. The van der Waals surface area contributed by atoms with E-state index in [9.17, 15) is 9.59 Å². The Morgan fingerprint density at radius 1 is 1.45 bits per heavy atom. The summed E-state index contributed by atoms with van der Waals surface area (Å²) in [7, 11) is 0. The van der Waals surface area contributed by atoms with Crippen LogP contribution in [0.5, 0.6) is 0 Å². The number of carbonyl (C=O) groups is 2. The Morgan fingerprint density at radius 3 is 2.73 bits per heavy atom. The highest BCUT2D eigenvalue weighted by molar-refractivity contribution is 9.10. The smallest absolute Gasteiger partial charge is 0.410 e. The molecule has 2 rings (SSSR count). The Morgan fingerprint density at radius 2 is 2.14 bits per heavy atom. The molecule has 0 bridgehead atoms. The third kappa shape index (κ3) is 3.60. The fourth-order valence-corrected chi connectivity index (χ4v) is 2.83. The van der Waals surface area contributed by atoms with Crippen LogP contribution in [0.4, 0.5) is 4.79 Å². The van der Waals surface area contributed by atoms with Gasteiger partial charge in [-0.3, -0.25) is 4.90 Å². The van der Waals surface area contributed by atoms with Gasteiger partial charge in [-0.1, -0.05) is 0 Å². The van der Waals surface area contributed by atoms with Gasteiger partial charge in [0.05, 0.1) is 31.6 Å². The van der Waals surface area contributed by atoms with E-state index < -0.39 is 23.7 Å². The van der Waals surface area contributed by atoms with E-state index in [1.54, 1.807) is 38.5 Å². The highest BCUT2D eigenvalue weighted by Crippen LogP contribution is 2.28. The van der Waals surface area contributed by atoms with E-state index in [4.69, 9.17) is 9.47 Å². The van der Waals surface area contributed by atoms with Crippen molar-refractivity contribution >= 4 is 28.0 Å². The average Bonchev–Trinajstić information content (AvgIpc) is 2.78. The fraction of sp³-hybridized carbons (Fsp3) is 0.643. The first kappa shape index (κ1) is 16.8. The summed E-state index contributed by atoms with van der Waals surface area (Å²) >= 11 is 3.33. The van der Waals surface area contributed by atoms with Crippen LogP contribution in [0, 0.1) is 0 Å². The number of rotatable bonds is 2. The molecule has 0 N–H and O–H groups in total. The molecule has 0 radical (unpaired) electrons. The Balaban J connectivity index is 2.25. The second-order valence-electron chi connectivity index (χ2n) is 6.02. The van der Waals surface area contributed by atoms with Crippen LogP contribution in [-0.4, -0.2) is 45.3 Å². The molecule has 1 aliphatic rings. The van der Waals surface area contributed by atoms with Crippen LogP contribution in [0.3, 0.4) is 0 Å². The third-order valence-corrected chi connectivity index (χ3v) is 3.68. The molecule has 1 amide bonds. The predicted molar refractivity (Wildman–Crippen MR) is 82.2 cm³/mol. The average molecular weight is 374 g/mol. The second-order valence-corrected chi connectivity index (χ2v) is 6.73. The van der Waals surface area contributed by atoms with Crippen LogP contribution in [0.25, 0.3) is 0 Å². The van der Waals surface area contributed by atoms with Crippen LogP contribution in [0.2, 0.25) is 0 Å². The minimum absolute atomic E-state index is 0.190. The molecule has 1 aliphatic heterocycles. The number of amides is 1. The molecule has 0 spiro atoms. The maximum atomic E-state index is 12.3. The molecule has 1 aromatic heterocycles. The summed E-state index contributed by atoms with van der Waals surface area (Å²) in [5, 5.41) is 0. The largest absolute Gasteiger partial charge is 0.464 e. The Kier molecular flexibility index (Phi) is 4.79. The van der Waals surface area contributed by atoms with Crippen molar-refractivity contribution in [1.29, 1.82) is 0 Å². The van der Waals surface area contributed by atoms with Crippen molar-refractivity contribution < 1.29 is 19.1 Å². The molecule has 0 saturated heterocycles. The summed E-state index contributed by atoms with van der Waals surface area (Å²) in [5.74, 6) is -0.393. The van der Waals surface area contributed by atoms with E-state index in [1.807, 2.05) is 0 Å². The molecule has 0 saturated carbocycles. The zero-order chi connectivity index (χ0) is 16.5. The lowest BCUT2D eigenvalue weighted by Crippen LogP contribution is -2.45. The number of esters is 1. The van der Waals surface area contributed by atoms with Crippen molar-refractivity contribution in [3.05, 3.63) is 16.6 Å². The van der Waals surface area contributed by atoms with Gasteiger partial charge in [0.1, 0.15) is 5.60 Å². The quantitative estimate of drug-likeness (QED) is 0.744. The normalized spacial score (nSPS) is 17.9. The van der Waals surface area contributed by atoms with Crippen LogP contribution in [-0.2, 0) is 20.8 Å². The van der Waals surface area contributed by atoms with Crippen molar-refractivity contribution in [2.45, 2.75) is 45.9 Å². The van der Waals surface area contributed by atoms with E-state index in [2.05, 4.69) is 20.9 Å². The van der Waals surface area contributed by atoms with E-state index in [0.717, 1.165) is 5.69 Å². The molecule has 1 atom stereocenters. The summed E-state index contributed by atoms with van der Waals surface area (Å²) in [5.41, 5.74) is 0.163.